The third-order valence-electron chi connectivity index (χ3n) is 3.26. The average molecular weight is 284 g/mol. The van der Waals surface area contributed by atoms with Crippen LogP contribution in [0, 0.1) is 0 Å². The second-order valence-electron chi connectivity index (χ2n) is 4.77. The summed E-state index contributed by atoms with van der Waals surface area (Å²) in [5.74, 6) is -0.276. The standard InChI is InChI=1S/C15H16N4O2/c1-2-3-8-16-15-19-18-14(21-15)13(20)11-9-17-12-7-5-4-6-10(11)12/h4-7,9,17H,2-3,8H2,1H3,(H,16,19). The van der Waals surface area contributed by atoms with Crippen LogP contribution in [0.1, 0.15) is 36.0 Å². The third-order valence-corrected chi connectivity index (χ3v) is 3.26. The number of hydrogen-bond acceptors (Lipinski definition) is 5. The number of aromatic nitrogens is 3. The van der Waals surface area contributed by atoms with Gasteiger partial charge in [-0.2, -0.15) is 0 Å². The molecule has 0 aliphatic heterocycles. The molecule has 6 heteroatoms. The number of nitrogens with one attached hydrogen (secondary N) is 2. The number of hydrogen-bond donors (Lipinski definition) is 2. The molecule has 1 aromatic carbocycles. The first-order chi connectivity index (χ1) is 10.3. The van der Waals surface area contributed by atoms with Crippen molar-refractivity contribution in [2.75, 3.05) is 11.9 Å². The second kappa shape index (κ2) is 5.78. The highest BCUT2D eigenvalue weighted by molar-refractivity contribution is 6.14. The molecule has 0 fully saturated rings. The Morgan fingerprint density at radius 2 is 2.19 bits per heavy atom. The van der Waals surface area contributed by atoms with Gasteiger partial charge in [-0.1, -0.05) is 36.6 Å². The molecule has 0 saturated heterocycles. The Labute approximate surface area is 121 Å². The van der Waals surface area contributed by atoms with Crippen molar-refractivity contribution in [1.82, 2.24) is 15.2 Å². The van der Waals surface area contributed by atoms with Gasteiger partial charge in [-0.25, -0.2) is 0 Å². The fourth-order valence-electron chi connectivity index (χ4n) is 2.13. The second-order valence-corrected chi connectivity index (χ2v) is 4.77. The highest BCUT2D eigenvalue weighted by atomic mass is 16.4. The molecule has 2 N–H and O–H groups in total. The first kappa shape index (κ1) is 13.4. The number of nitrogens with zero attached hydrogens (tertiary/aromatic N) is 2. The summed E-state index contributed by atoms with van der Waals surface area (Å²) < 4.78 is 5.37. The summed E-state index contributed by atoms with van der Waals surface area (Å²) >= 11 is 0. The molecule has 108 valence electrons. The van der Waals surface area contributed by atoms with E-state index >= 15 is 0 Å². The van der Waals surface area contributed by atoms with E-state index in [2.05, 4.69) is 27.4 Å². The van der Waals surface area contributed by atoms with Gasteiger partial charge in [0, 0.05) is 23.6 Å². The molecule has 6 nitrogen and oxygen atoms in total. The van der Waals surface area contributed by atoms with E-state index in [4.69, 9.17) is 4.42 Å². The summed E-state index contributed by atoms with van der Waals surface area (Å²) in [5, 5.41) is 11.5. The lowest BCUT2D eigenvalue weighted by Crippen LogP contribution is -2.01. The number of para-hydroxylation sites is 1. The Morgan fingerprint density at radius 3 is 3.05 bits per heavy atom. The molecule has 2 heterocycles. The van der Waals surface area contributed by atoms with E-state index in [1.54, 1.807) is 6.20 Å². The molecular formula is C15H16N4O2. The van der Waals surface area contributed by atoms with E-state index in [9.17, 15) is 4.79 Å². The third kappa shape index (κ3) is 2.65. The average Bonchev–Trinajstić information content (AvgIpc) is 3.14. The van der Waals surface area contributed by atoms with Crippen LogP contribution < -0.4 is 5.32 Å². The van der Waals surface area contributed by atoms with Crippen LogP contribution in [-0.2, 0) is 0 Å². The molecular weight excluding hydrogens is 268 g/mol. The topological polar surface area (TPSA) is 83.8 Å². The molecule has 3 rings (SSSR count). The molecule has 0 radical (unpaired) electrons. The molecule has 0 saturated carbocycles. The Hall–Kier alpha value is -2.63. The van der Waals surface area contributed by atoms with Crippen LogP contribution in [0.15, 0.2) is 34.9 Å². The van der Waals surface area contributed by atoms with Crippen molar-refractivity contribution in [3.63, 3.8) is 0 Å². The summed E-state index contributed by atoms with van der Waals surface area (Å²) in [6.45, 7) is 2.85. The summed E-state index contributed by atoms with van der Waals surface area (Å²) in [4.78, 5) is 15.5. The first-order valence-electron chi connectivity index (χ1n) is 6.97. The van der Waals surface area contributed by atoms with Crippen molar-refractivity contribution in [2.24, 2.45) is 0 Å². The summed E-state index contributed by atoms with van der Waals surface area (Å²) in [6, 6.07) is 7.88. The van der Waals surface area contributed by atoms with Gasteiger partial charge in [-0.15, -0.1) is 5.10 Å². The van der Waals surface area contributed by atoms with Gasteiger partial charge in [-0.3, -0.25) is 4.79 Å². The summed E-state index contributed by atoms with van der Waals surface area (Å²) in [7, 11) is 0. The fraction of sp³-hybridized carbons (Fsp3) is 0.267. The SMILES string of the molecule is CCCCNc1nnc(C(=O)c2c[nH]c3ccccc23)o1. The number of unbranched alkanes of at least 4 members (excludes halogenated alkanes) is 1. The van der Waals surface area contributed by atoms with Gasteiger partial charge in [-0.05, 0) is 12.5 Å². The number of carbonyl (C=O) groups is 1. The Balaban J connectivity index is 1.82. The van der Waals surface area contributed by atoms with Crippen LogP contribution in [0.3, 0.4) is 0 Å². The minimum absolute atomic E-state index is 0.00116. The lowest BCUT2D eigenvalue weighted by molar-refractivity contribution is 0.100. The zero-order valence-corrected chi connectivity index (χ0v) is 11.7. The fourth-order valence-corrected chi connectivity index (χ4v) is 2.13. The normalized spacial score (nSPS) is 10.9. The highest BCUT2D eigenvalue weighted by Gasteiger charge is 2.20. The van der Waals surface area contributed by atoms with Crippen LogP contribution >= 0.6 is 0 Å². The molecule has 0 aliphatic carbocycles. The Bertz CT molecular complexity index is 760. The van der Waals surface area contributed by atoms with Gasteiger partial charge >= 0.3 is 6.01 Å². The molecule has 0 atom stereocenters. The number of H-pyrrole nitrogens is 1. The van der Waals surface area contributed by atoms with Crippen molar-refractivity contribution in [2.45, 2.75) is 19.8 Å². The van der Waals surface area contributed by atoms with Crippen molar-refractivity contribution in [3.05, 3.63) is 41.9 Å². The maximum Gasteiger partial charge on any atom is 0.315 e. The molecule has 3 aromatic rings. The van der Waals surface area contributed by atoms with E-state index in [1.165, 1.54) is 0 Å². The number of ketones is 1. The van der Waals surface area contributed by atoms with E-state index < -0.39 is 0 Å². The molecule has 0 aliphatic rings. The molecule has 0 spiro atoms. The van der Waals surface area contributed by atoms with Crippen molar-refractivity contribution in [1.29, 1.82) is 0 Å². The molecule has 0 amide bonds. The van der Waals surface area contributed by atoms with Crippen LogP contribution in [0.4, 0.5) is 6.01 Å². The van der Waals surface area contributed by atoms with Gasteiger partial charge < -0.3 is 14.7 Å². The van der Waals surface area contributed by atoms with Crippen molar-refractivity contribution in [3.8, 4) is 0 Å². The van der Waals surface area contributed by atoms with Gasteiger partial charge in [0.1, 0.15) is 0 Å². The van der Waals surface area contributed by atoms with E-state index in [-0.39, 0.29) is 17.7 Å². The summed E-state index contributed by atoms with van der Waals surface area (Å²) in [6.07, 6.45) is 3.75. The molecule has 21 heavy (non-hydrogen) atoms. The van der Waals surface area contributed by atoms with Crippen LogP contribution in [0.5, 0.6) is 0 Å². The molecule has 2 aromatic heterocycles. The zero-order valence-electron chi connectivity index (χ0n) is 11.7. The predicted molar refractivity (Wildman–Crippen MR) is 79.4 cm³/mol. The van der Waals surface area contributed by atoms with Gasteiger partial charge in [0.2, 0.25) is 0 Å². The number of benzene rings is 1. The highest BCUT2D eigenvalue weighted by Crippen LogP contribution is 2.21. The maximum atomic E-state index is 12.4. The molecule has 0 unspecified atom stereocenters. The monoisotopic (exact) mass is 284 g/mol. The van der Waals surface area contributed by atoms with Gasteiger partial charge in [0.25, 0.3) is 11.7 Å². The van der Waals surface area contributed by atoms with Gasteiger partial charge in [0.15, 0.2) is 0 Å². The van der Waals surface area contributed by atoms with Gasteiger partial charge in [0.05, 0.1) is 5.56 Å². The minimum Gasteiger partial charge on any atom is -0.400 e. The number of anilines is 1. The predicted octanol–water partition coefficient (Wildman–Crippen LogP) is 2.99. The number of aromatic amines is 1. The van der Waals surface area contributed by atoms with Crippen molar-refractivity contribution < 1.29 is 9.21 Å². The van der Waals surface area contributed by atoms with E-state index in [0.29, 0.717) is 5.56 Å². The Morgan fingerprint density at radius 1 is 1.33 bits per heavy atom. The van der Waals surface area contributed by atoms with E-state index in [1.807, 2.05) is 24.3 Å². The quantitative estimate of drug-likeness (QED) is 0.537. The smallest absolute Gasteiger partial charge is 0.315 e. The van der Waals surface area contributed by atoms with Crippen LogP contribution in [0.25, 0.3) is 10.9 Å². The number of fused-ring (bicyclic) bond motifs is 1. The largest absolute Gasteiger partial charge is 0.400 e. The lowest BCUT2D eigenvalue weighted by atomic mass is 10.1. The summed E-state index contributed by atoms with van der Waals surface area (Å²) in [5.41, 5.74) is 1.44. The molecule has 0 bridgehead atoms. The zero-order chi connectivity index (χ0) is 14.7. The first-order valence-corrected chi connectivity index (χ1v) is 6.97. The number of rotatable bonds is 6. The maximum absolute atomic E-state index is 12.4. The van der Waals surface area contributed by atoms with Crippen LogP contribution in [0.2, 0.25) is 0 Å². The van der Waals surface area contributed by atoms with Crippen LogP contribution in [-0.4, -0.2) is 27.5 Å². The minimum atomic E-state index is -0.275. The number of carbonyl (C=O) groups excluding carboxylic acids is 1. The van der Waals surface area contributed by atoms with Crippen molar-refractivity contribution >= 4 is 22.7 Å². The Kier molecular flexibility index (Phi) is 3.68. The van der Waals surface area contributed by atoms with E-state index in [0.717, 1.165) is 30.3 Å². The lowest BCUT2D eigenvalue weighted by Gasteiger charge is -1.97.